The van der Waals surface area contributed by atoms with Crippen LogP contribution in [0.15, 0.2) is 60.8 Å². The molecule has 0 bridgehead atoms. The Morgan fingerprint density at radius 1 is 0.966 bits per heavy atom. The van der Waals surface area contributed by atoms with Gasteiger partial charge in [-0.25, -0.2) is 4.98 Å². The number of ether oxygens (including phenoxy) is 2. The van der Waals surface area contributed by atoms with Gasteiger partial charge in [0, 0.05) is 13.1 Å². The third kappa shape index (κ3) is 5.25. The Labute approximate surface area is 170 Å². The van der Waals surface area contributed by atoms with Crippen molar-refractivity contribution >= 4 is 11.6 Å². The topological polar surface area (TPSA) is 72.5 Å². The maximum atomic E-state index is 12.3. The highest BCUT2D eigenvalue weighted by Gasteiger charge is 2.08. The van der Waals surface area contributed by atoms with Crippen LogP contribution in [0.4, 0.5) is 5.69 Å². The van der Waals surface area contributed by atoms with Crippen molar-refractivity contribution in [1.82, 2.24) is 10.3 Å². The SMILES string of the molecule is COc1ccc(CNc2ccc(C(=O)NCc3ccccc3C)nc2)cc1OC. The standard InChI is InChI=1S/C23H25N3O3/c1-16-6-4-5-7-18(16)14-26-23(27)20-10-9-19(15-25-20)24-13-17-8-11-21(28-2)22(12-17)29-3/h4-12,15,24H,13-14H2,1-3H3,(H,26,27). The molecular weight excluding hydrogens is 366 g/mol. The number of amides is 1. The van der Waals surface area contributed by atoms with Crippen LogP contribution in [-0.2, 0) is 13.1 Å². The van der Waals surface area contributed by atoms with Gasteiger partial charge in [-0.2, -0.15) is 0 Å². The number of aryl methyl sites for hydroxylation is 1. The largest absolute Gasteiger partial charge is 0.493 e. The number of carbonyl (C=O) groups excluding carboxylic acids is 1. The van der Waals surface area contributed by atoms with Crippen LogP contribution in [0.25, 0.3) is 0 Å². The highest BCUT2D eigenvalue weighted by molar-refractivity contribution is 5.92. The van der Waals surface area contributed by atoms with Gasteiger partial charge in [0.2, 0.25) is 0 Å². The molecule has 0 saturated carbocycles. The van der Waals surface area contributed by atoms with E-state index >= 15 is 0 Å². The normalized spacial score (nSPS) is 10.3. The van der Waals surface area contributed by atoms with Crippen LogP contribution in [0.5, 0.6) is 11.5 Å². The summed E-state index contributed by atoms with van der Waals surface area (Å²) in [6, 6.07) is 17.3. The maximum Gasteiger partial charge on any atom is 0.270 e. The van der Waals surface area contributed by atoms with Gasteiger partial charge in [-0.3, -0.25) is 4.79 Å². The minimum atomic E-state index is -0.195. The lowest BCUT2D eigenvalue weighted by atomic mass is 10.1. The summed E-state index contributed by atoms with van der Waals surface area (Å²) in [4.78, 5) is 16.6. The zero-order valence-corrected chi connectivity index (χ0v) is 16.9. The van der Waals surface area contributed by atoms with Gasteiger partial charge in [0.15, 0.2) is 11.5 Å². The second-order valence-electron chi connectivity index (χ2n) is 6.58. The third-order valence-corrected chi connectivity index (χ3v) is 4.64. The predicted molar refractivity (Wildman–Crippen MR) is 113 cm³/mol. The van der Waals surface area contributed by atoms with E-state index in [-0.39, 0.29) is 5.91 Å². The highest BCUT2D eigenvalue weighted by Crippen LogP contribution is 2.27. The molecule has 6 nitrogen and oxygen atoms in total. The van der Waals surface area contributed by atoms with Gasteiger partial charge in [0.1, 0.15) is 5.69 Å². The van der Waals surface area contributed by atoms with E-state index in [9.17, 15) is 4.79 Å². The molecule has 1 heterocycles. The summed E-state index contributed by atoms with van der Waals surface area (Å²) in [7, 11) is 3.22. The molecule has 2 aromatic carbocycles. The molecule has 3 aromatic rings. The number of carbonyl (C=O) groups is 1. The molecule has 3 rings (SSSR count). The Morgan fingerprint density at radius 3 is 2.45 bits per heavy atom. The van der Waals surface area contributed by atoms with Crippen molar-refractivity contribution in [3.8, 4) is 11.5 Å². The predicted octanol–water partition coefficient (Wildman–Crippen LogP) is 3.95. The van der Waals surface area contributed by atoms with Crippen LogP contribution >= 0.6 is 0 Å². The number of methoxy groups -OCH3 is 2. The molecule has 6 heteroatoms. The van der Waals surface area contributed by atoms with Gasteiger partial charge < -0.3 is 20.1 Å². The Bertz CT molecular complexity index is 971. The number of hydrogen-bond acceptors (Lipinski definition) is 5. The molecule has 150 valence electrons. The van der Waals surface area contributed by atoms with Crippen LogP contribution in [0, 0.1) is 6.92 Å². The number of aromatic nitrogens is 1. The van der Waals surface area contributed by atoms with Crippen LogP contribution in [0.3, 0.4) is 0 Å². The van der Waals surface area contributed by atoms with Crippen molar-refractivity contribution < 1.29 is 14.3 Å². The molecule has 0 aliphatic heterocycles. The lowest BCUT2D eigenvalue weighted by molar-refractivity contribution is 0.0946. The molecule has 0 spiro atoms. The van der Waals surface area contributed by atoms with Crippen molar-refractivity contribution in [2.75, 3.05) is 19.5 Å². The molecule has 0 fully saturated rings. The second-order valence-corrected chi connectivity index (χ2v) is 6.58. The molecule has 0 saturated heterocycles. The van der Waals surface area contributed by atoms with E-state index < -0.39 is 0 Å². The average molecular weight is 391 g/mol. The summed E-state index contributed by atoms with van der Waals surface area (Å²) in [5.74, 6) is 1.18. The minimum absolute atomic E-state index is 0.195. The third-order valence-electron chi connectivity index (χ3n) is 4.64. The molecule has 29 heavy (non-hydrogen) atoms. The summed E-state index contributed by atoms with van der Waals surface area (Å²) < 4.78 is 10.6. The van der Waals surface area contributed by atoms with E-state index in [1.54, 1.807) is 26.5 Å². The van der Waals surface area contributed by atoms with Crippen molar-refractivity contribution in [3.05, 3.63) is 83.2 Å². The number of nitrogens with zero attached hydrogens (tertiary/aromatic N) is 1. The first-order valence-electron chi connectivity index (χ1n) is 9.34. The quantitative estimate of drug-likeness (QED) is 0.608. The van der Waals surface area contributed by atoms with E-state index in [4.69, 9.17) is 9.47 Å². The van der Waals surface area contributed by atoms with E-state index in [1.165, 1.54) is 0 Å². The average Bonchev–Trinajstić information content (AvgIpc) is 2.77. The van der Waals surface area contributed by atoms with Crippen molar-refractivity contribution in [1.29, 1.82) is 0 Å². The van der Waals surface area contributed by atoms with Crippen molar-refractivity contribution in [2.24, 2.45) is 0 Å². The Morgan fingerprint density at radius 2 is 1.76 bits per heavy atom. The molecule has 0 atom stereocenters. The van der Waals surface area contributed by atoms with Gasteiger partial charge in [-0.05, 0) is 47.9 Å². The summed E-state index contributed by atoms with van der Waals surface area (Å²) in [6.45, 7) is 3.10. The monoisotopic (exact) mass is 391 g/mol. The lowest BCUT2D eigenvalue weighted by Gasteiger charge is -2.11. The number of rotatable bonds is 8. The first kappa shape index (κ1) is 20.2. The van der Waals surface area contributed by atoms with Gasteiger partial charge in [-0.15, -0.1) is 0 Å². The van der Waals surface area contributed by atoms with E-state index in [2.05, 4.69) is 15.6 Å². The Balaban J connectivity index is 1.56. The van der Waals surface area contributed by atoms with Gasteiger partial charge >= 0.3 is 0 Å². The van der Waals surface area contributed by atoms with Crippen LogP contribution < -0.4 is 20.1 Å². The van der Waals surface area contributed by atoms with Gasteiger partial charge in [0.25, 0.3) is 5.91 Å². The summed E-state index contributed by atoms with van der Waals surface area (Å²) >= 11 is 0. The molecule has 0 aliphatic carbocycles. The number of nitrogens with one attached hydrogen (secondary N) is 2. The molecule has 1 aromatic heterocycles. The highest BCUT2D eigenvalue weighted by atomic mass is 16.5. The van der Waals surface area contributed by atoms with E-state index in [1.807, 2.05) is 55.5 Å². The van der Waals surface area contributed by atoms with Crippen LogP contribution in [0.1, 0.15) is 27.2 Å². The molecular formula is C23H25N3O3. The van der Waals surface area contributed by atoms with Crippen LogP contribution in [0.2, 0.25) is 0 Å². The maximum absolute atomic E-state index is 12.3. The molecule has 0 unspecified atom stereocenters. The number of pyridine rings is 1. The first-order valence-corrected chi connectivity index (χ1v) is 9.34. The second kappa shape index (κ2) is 9.59. The molecule has 0 aliphatic rings. The fourth-order valence-corrected chi connectivity index (χ4v) is 2.90. The fourth-order valence-electron chi connectivity index (χ4n) is 2.90. The van der Waals surface area contributed by atoms with Gasteiger partial charge in [0.05, 0.1) is 26.1 Å². The smallest absolute Gasteiger partial charge is 0.270 e. The van der Waals surface area contributed by atoms with E-state index in [0.29, 0.717) is 30.3 Å². The Kier molecular flexibility index (Phi) is 6.68. The van der Waals surface area contributed by atoms with Crippen LogP contribution in [-0.4, -0.2) is 25.1 Å². The first-order chi connectivity index (χ1) is 14.1. The molecule has 1 amide bonds. The zero-order valence-electron chi connectivity index (χ0n) is 16.9. The summed E-state index contributed by atoms with van der Waals surface area (Å²) in [5, 5.41) is 6.20. The number of anilines is 1. The lowest BCUT2D eigenvalue weighted by Crippen LogP contribution is -2.24. The number of benzene rings is 2. The van der Waals surface area contributed by atoms with Crippen molar-refractivity contribution in [3.63, 3.8) is 0 Å². The zero-order chi connectivity index (χ0) is 20.6. The molecule has 0 radical (unpaired) electrons. The fraction of sp³-hybridized carbons (Fsp3) is 0.217. The summed E-state index contributed by atoms with van der Waals surface area (Å²) in [5.41, 5.74) is 4.50. The van der Waals surface area contributed by atoms with Crippen molar-refractivity contribution in [2.45, 2.75) is 20.0 Å². The Hall–Kier alpha value is -3.54. The minimum Gasteiger partial charge on any atom is -0.493 e. The number of hydrogen-bond donors (Lipinski definition) is 2. The molecule has 2 N–H and O–H groups in total. The van der Waals surface area contributed by atoms with E-state index in [0.717, 1.165) is 22.4 Å². The summed E-state index contributed by atoms with van der Waals surface area (Å²) in [6.07, 6.45) is 1.66. The van der Waals surface area contributed by atoms with Gasteiger partial charge in [-0.1, -0.05) is 30.3 Å².